The Morgan fingerprint density at radius 3 is 2.02 bits per heavy atom. The molecule has 0 heterocycles. The number of benzene rings is 3. The minimum atomic E-state index is -4.01. The molecule has 0 saturated heterocycles. The standard InChI is InChI=1S/C31H40N4O4S/c1-24(2)21-32-31(37)29(20-26-14-8-6-9-15-26)34(22-27-16-12-13-25(3)19-27)30(36)23-35(40(38,39)33(4)5)28-17-10-7-11-18-28/h6-19,24,29H,20-23H2,1-5H3,(H,32,37)/t29-/m0/s1. The average molecular weight is 565 g/mol. The lowest BCUT2D eigenvalue weighted by Crippen LogP contribution is -2.54. The molecule has 40 heavy (non-hydrogen) atoms. The fraction of sp³-hybridized carbons (Fsp3) is 0.355. The number of para-hydroxylation sites is 1. The van der Waals surface area contributed by atoms with Gasteiger partial charge in [-0.2, -0.15) is 12.7 Å². The van der Waals surface area contributed by atoms with E-state index in [1.165, 1.54) is 19.0 Å². The Kier molecular flexibility index (Phi) is 10.9. The molecule has 0 radical (unpaired) electrons. The highest BCUT2D eigenvalue weighted by atomic mass is 32.2. The normalized spacial score (nSPS) is 12.3. The molecular formula is C31H40N4O4S. The number of hydrogen-bond donors (Lipinski definition) is 1. The highest BCUT2D eigenvalue weighted by Crippen LogP contribution is 2.22. The Morgan fingerprint density at radius 2 is 1.45 bits per heavy atom. The second-order valence-corrected chi connectivity index (χ2v) is 12.6. The van der Waals surface area contributed by atoms with Gasteiger partial charge in [0.2, 0.25) is 11.8 Å². The number of rotatable bonds is 13. The van der Waals surface area contributed by atoms with Crippen LogP contribution in [-0.2, 0) is 32.8 Å². The Hall–Kier alpha value is -3.69. The van der Waals surface area contributed by atoms with Crippen molar-refractivity contribution >= 4 is 27.7 Å². The van der Waals surface area contributed by atoms with Gasteiger partial charge in [0.05, 0.1) is 5.69 Å². The van der Waals surface area contributed by atoms with Crippen molar-refractivity contribution in [1.82, 2.24) is 14.5 Å². The lowest BCUT2D eigenvalue weighted by atomic mass is 10.0. The minimum absolute atomic E-state index is 0.151. The van der Waals surface area contributed by atoms with Gasteiger partial charge in [0.15, 0.2) is 0 Å². The highest BCUT2D eigenvalue weighted by Gasteiger charge is 2.34. The molecule has 1 atom stereocenters. The number of carbonyl (C=O) groups excluding carboxylic acids is 2. The zero-order valence-electron chi connectivity index (χ0n) is 23.9. The van der Waals surface area contributed by atoms with Crippen molar-refractivity contribution in [3.63, 3.8) is 0 Å². The maximum Gasteiger partial charge on any atom is 0.304 e. The van der Waals surface area contributed by atoms with Crippen LogP contribution in [0.4, 0.5) is 5.69 Å². The van der Waals surface area contributed by atoms with Crippen LogP contribution in [0.25, 0.3) is 0 Å². The van der Waals surface area contributed by atoms with Gasteiger partial charge >= 0.3 is 10.2 Å². The molecule has 1 N–H and O–H groups in total. The van der Waals surface area contributed by atoms with E-state index in [1.54, 1.807) is 30.3 Å². The Balaban J connectivity index is 2.07. The Morgan fingerprint density at radius 1 is 0.850 bits per heavy atom. The number of anilines is 1. The van der Waals surface area contributed by atoms with Gasteiger partial charge < -0.3 is 10.2 Å². The SMILES string of the molecule is Cc1cccc(CN(C(=O)CN(c2ccccc2)S(=O)(=O)N(C)C)[C@@H](Cc2ccccc2)C(=O)NCC(C)C)c1. The third kappa shape index (κ3) is 8.40. The summed E-state index contributed by atoms with van der Waals surface area (Å²) in [6.07, 6.45) is 0.286. The van der Waals surface area contributed by atoms with E-state index >= 15 is 0 Å². The van der Waals surface area contributed by atoms with E-state index < -0.39 is 28.7 Å². The molecule has 0 aliphatic carbocycles. The largest absolute Gasteiger partial charge is 0.354 e. The summed E-state index contributed by atoms with van der Waals surface area (Å²) in [6, 6.07) is 25.0. The first-order valence-electron chi connectivity index (χ1n) is 13.4. The molecule has 3 aromatic rings. The van der Waals surface area contributed by atoms with Crippen LogP contribution in [0.2, 0.25) is 0 Å². The van der Waals surface area contributed by atoms with Gasteiger partial charge in [0.25, 0.3) is 0 Å². The van der Waals surface area contributed by atoms with E-state index in [0.717, 1.165) is 25.3 Å². The lowest BCUT2D eigenvalue weighted by Gasteiger charge is -2.34. The molecule has 0 aliphatic rings. The summed E-state index contributed by atoms with van der Waals surface area (Å²) in [5.74, 6) is -0.530. The van der Waals surface area contributed by atoms with Crippen molar-refractivity contribution in [3.05, 3.63) is 102 Å². The predicted octanol–water partition coefficient (Wildman–Crippen LogP) is 4.02. The van der Waals surface area contributed by atoms with Crippen molar-refractivity contribution in [1.29, 1.82) is 0 Å². The zero-order chi connectivity index (χ0) is 29.3. The van der Waals surface area contributed by atoms with Crippen molar-refractivity contribution in [2.75, 3.05) is 31.5 Å². The number of hydrogen-bond acceptors (Lipinski definition) is 4. The van der Waals surface area contributed by atoms with Gasteiger partial charge in [0, 0.05) is 33.6 Å². The minimum Gasteiger partial charge on any atom is -0.354 e. The van der Waals surface area contributed by atoms with Gasteiger partial charge in [0.1, 0.15) is 12.6 Å². The summed E-state index contributed by atoms with van der Waals surface area (Å²) in [4.78, 5) is 29.4. The number of nitrogens with zero attached hydrogens (tertiary/aromatic N) is 3. The number of amides is 2. The summed E-state index contributed by atoms with van der Waals surface area (Å²) in [5, 5.41) is 3.00. The fourth-order valence-electron chi connectivity index (χ4n) is 4.29. The van der Waals surface area contributed by atoms with Crippen LogP contribution >= 0.6 is 0 Å². The highest BCUT2D eigenvalue weighted by molar-refractivity contribution is 7.90. The third-order valence-electron chi connectivity index (χ3n) is 6.45. The molecule has 9 heteroatoms. The first-order chi connectivity index (χ1) is 19.0. The van der Waals surface area contributed by atoms with E-state index in [0.29, 0.717) is 12.2 Å². The maximum absolute atomic E-state index is 14.2. The summed E-state index contributed by atoms with van der Waals surface area (Å²) in [5.41, 5.74) is 3.14. The molecule has 0 unspecified atom stereocenters. The predicted molar refractivity (Wildman–Crippen MR) is 160 cm³/mol. The van der Waals surface area contributed by atoms with Crippen molar-refractivity contribution < 1.29 is 18.0 Å². The topological polar surface area (TPSA) is 90.0 Å². The van der Waals surface area contributed by atoms with E-state index in [-0.39, 0.29) is 24.8 Å². The van der Waals surface area contributed by atoms with E-state index in [4.69, 9.17) is 0 Å². The van der Waals surface area contributed by atoms with Crippen LogP contribution in [0.1, 0.15) is 30.5 Å². The smallest absolute Gasteiger partial charge is 0.304 e. The maximum atomic E-state index is 14.2. The molecule has 214 valence electrons. The molecule has 0 saturated carbocycles. The van der Waals surface area contributed by atoms with Gasteiger partial charge in [-0.1, -0.05) is 92.2 Å². The Labute approximate surface area is 238 Å². The summed E-state index contributed by atoms with van der Waals surface area (Å²) in [7, 11) is -1.15. The van der Waals surface area contributed by atoms with Crippen LogP contribution < -0.4 is 9.62 Å². The van der Waals surface area contributed by atoms with Crippen LogP contribution in [0.15, 0.2) is 84.9 Å². The summed E-state index contributed by atoms with van der Waals surface area (Å²) >= 11 is 0. The van der Waals surface area contributed by atoms with Crippen molar-refractivity contribution in [2.45, 2.75) is 39.8 Å². The van der Waals surface area contributed by atoms with Crippen LogP contribution in [0.3, 0.4) is 0 Å². The molecular weight excluding hydrogens is 524 g/mol. The number of nitrogens with one attached hydrogen (secondary N) is 1. The molecule has 3 rings (SSSR count). The average Bonchev–Trinajstić information content (AvgIpc) is 2.93. The second-order valence-electron chi connectivity index (χ2n) is 10.5. The van der Waals surface area contributed by atoms with E-state index in [9.17, 15) is 18.0 Å². The van der Waals surface area contributed by atoms with Crippen LogP contribution in [0.5, 0.6) is 0 Å². The van der Waals surface area contributed by atoms with Gasteiger partial charge in [-0.3, -0.25) is 9.59 Å². The lowest BCUT2D eigenvalue weighted by molar-refractivity contribution is -0.140. The zero-order valence-corrected chi connectivity index (χ0v) is 24.8. The Bertz CT molecular complexity index is 1360. The van der Waals surface area contributed by atoms with Gasteiger partial charge in [-0.05, 0) is 36.1 Å². The van der Waals surface area contributed by atoms with Crippen molar-refractivity contribution in [3.8, 4) is 0 Å². The quantitative estimate of drug-likeness (QED) is 0.340. The molecule has 0 aliphatic heterocycles. The van der Waals surface area contributed by atoms with Gasteiger partial charge in [-0.15, -0.1) is 0 Å². The molecule has 0 bridgehead atoms. The van der Waals surface area contributed by atoms with Gasteiger partial charge in [-0.25, -0.2) is 4.31 Å². The number of aryl methyl sites for hydroxylation is 1. The molecule has 0 spiro atoms. The van der Waals surface area contributed by atoms with E-state index in [2.05, 4.69) is 5.32 Å². The van der Waals surface area contributed by atoms with Crippen molar-refractivity contribution in [2.24, 2.45) is 5.92 Å². The summed E-state index contributed by atoms with van der Waals surface area (Å²) in [6.45, 7) is 6.13. The van der Waals surface area contributed by atoms with Crippen LogP contribution in [0, 0.1) is 12.8 Å². The fourth-order valence-corrected chi connectivity index (χ4v) is 5.35. The first-order valence-corrected chi connectivity index (χ1v) is 14.8. The summed E-state index contributed by atoms with van der Waals surface area (Å²) < 4.78 is 28.9. The molecule has 0 fully saturated rings. The van der Waals surface area contributed by atoms with E-state index in [1.807, 2.05) is 75.4 Å². The number of carbonyl (C=O) groups is 2. The van der Waals surface area contributed by atoms with Crippen LogP contribution in [-0.4, -0.2) is 62.7 Å². The first kappa shape index (κ1) is 30.8. The molecule has 3 aromatic carbocycles. The molecule has 2 amide bonds. The molecule has 0 aromatic heterocycles. The second kappa shape index (κ2) is 14.1. The monoisotopic (exact) mass is 564 g/mol. The molecule has 8 nitrogen and oxygen atoms in total. The third-order valence-corrected chi connectivity index (χ3v) is 8.27.